The Morgan fingerprint density at radius 3 is 2.42 bits per heavy atom. The van der Waals surface area contributed by atoms with Gasteiger partial charge in [-0.3, -0.25) is 19.7 Å². The van der Waals surface area contributed by atoms with E-state index < -0.39 is 21.5 Å². The fraction of sp³-hybridized carbons (Fsp3) is 0.438. The zero-order valence-corrected chi connectivity index (χ0v) is 13.4. The second kappa shape index (κ2) is 5.70. The van der Waals surface area contributed by atoms with Crippen molar-refractivity contribution in [3.63, 3.8) is 0 Å². The van der Waals surface area contributed by atoms with Gasteiger partial charge >= 0.3 is 16.8 Å². The Balaban J connectivity index is 2.05. The van der Waals surface area contributed by atoms with Gasteiger partial charge < -0.3 is 10.0 Å². The predicted octanol–water partition coefficient (Wildman–Crippen LogP) is 0.655. The van der Waals surface area contributed by atoms with Crippen LogP contribution in [0.2, 0.25) is 0 Å². The lowest BCUT2D eigenvalue weighted by molar-refractivity contribution is -0.602. The molecule has 1 aliphatic heterocycles. The molecule has 0 aliphatic carbocycles. The topological polar surface area (TPSA) is 105 Å². The Morgan fingerprint density at radius 2 is 1.88 bits per heavy atom. The predicted molar refractivity (Wildman–Crippen MR) is 86.4 cm³/mol. The van der Waals surface area contributed by atoms with Gasteiger partial charge in [-0.1, -0.05) is 13.8 Å². The monoisotopic (exact) mass is 332 g/mol. The van der Waals surface area contributed by atoms with Gasteiger partial charge in [0.05, 0.1) is 4.92 Å². The number of nitro groups is 1. The summed E-state index contributed by atoms with van der Waals surface area (Å²) in [5.41, 5.74) is -1.73. The maximum absolute atomic E-state index is 11.6. The van der Waals surface area contributed by atoms with Crippen molar-refractivity contribution in [1.82, 2.24) is 0 Å². The van der Waals surface area contributed by atoms with Crippen LogP contribution >= 0.6 is 0 Å². The lowest BCUT2D eigenvalue weighted by Gasteiger charge is -2.35. The minimum atomic E-state index is -0.970. The van der Waals surface area contributed by atoms with Crippen LogP contribution in [0.15, 0.2) is 28.0 Å². The highest BCUT2D eigenvalue weighted by atomic mass is 16.6. The van der Waals surface area contributed by atoms with Crippen molar-refractivity contribution in [2.24, 2.45) is 11.8 Å². The summed E-state index contributed by atoms with van der Waals surface area (Å²) < 4.78 is 1.14. The quantitative estimate of drug-likeness (QED) is 0.383. The molecule has 0 amide bonds. The molecule has 2 aromatic rings. The first-order valence-corrected chi connectivity index (χ1v) is 7.77. The summed E-state index contributed by atoms with van der Waals surface area (Å²) >= 11 is 0. The van der Waals surface area contributed by atoms with Crippen LogP contribution in [-0.4, -0.2) is 23.1 Å². The molecule has 1 saturated heterocycles. The molecule has 126 valence electrons. The van der Waals surface area contributed by atoms with Gasteiger partial charge in [0, 0.05) is 19.2 Å². The molecule has 1 aromatic heterocycles. The summed E-state index contributed by atoms with van der Waals surface area (Å²) in [6, 6.07) is 1.55. The van der Waals surface area contributed by atoms with Crippen molar-refractivity contribution in [2.75, 3.05) is 18.0 Å². The van der Waals surface area contributed by atoms with Crippen LogP contribution in [0.3, 0.4) is 0 Å². The van der Waals surface area contributed by atoms with E-state index in [1.165, 1.54) is 12.4 Å². The minimum absolute atomic E-state index is 0.161. The third kappa shape index (κ3) is 2.53. The van der Waals surface area contributed by atoms with Crippen molar-refractivity contribution in [1.29, 1.82) is 0 Å². The molecule has 0 spiro atoms. The van der Waals surface area contributed by atoms with Gasteiger partial charge in [-0.15, -0.1) is 0 Å². The number of aromatic hydroxyl groups is 1. The summed E-state index contributed by atoms with van der Waals surface area (Å²) in [4.78, 5) is 35.6. The lowest BCUT2D eigenvalue weighted by atomic mass is 9.91. The van der Waals surface area contributed by atoms with Crippen LogP contribution in [-0.2, 0) is 0 Å². The molecule has 2 atom stereocenters. The van der Waals surface area contributed by atoms with Gasteiger partial charge in [0.25, 0.3) is 11.6 Å². The normalized spacial score (nSPS) is 21.2. The zero-order valence-electron chi connectivity index (χ0n) is 13.4. The summed E-state index contributed by atoms with van der Waals surface area (Å²) in [6.45, 7) is 5.67. The van der Waals surface area contributed by atoms with E-state index in [2.05, 4.69) is 13.8 Å². The standard InChI is InChI=1S/C16H17N3O5/c1-9-5-10(2)7-18(6-9)11-3-4-17(8-12(11)19(23)24)13-14(20)16(22)15(13)21/h3-4,8-10H,5-7H2,1-2H3/p+1. The van der Waals surface area contributed by atoms with E-state index in [1.54, 1.807) is 6.07 Å². The Bertz CT molecular complexity index is 874. The van der Waals surface area contributed by atoms with Crippen LogP contribution in [0.25, 0.3) is 5.69 Å². The highest BCUT2D eigenvalue weighted by Gasteiger charge is 2.34. The Hall–Kier alpha value is -2.77. The van der Waals surface area contributed by atoms with Crippen molar-refractivity contribution in [2.45, 2.75) is 20.3 Å². The Morgan fingerprint density at radius 1 is 1.25 bits per heavy atom. The molecule has 2 unspecified atom stereocenters. The smallest absolute Gasteiger partial charge is 0.355 e. The fourth-order valence-electron chi connectivity index (χ4n) is 3.49. The van der Waals surface area contributed by atoms with Gasteiger partial charge in [-0.25, -0.2) is 0 Å². The molecule has 3 rings (SSSR count). The average Bonchev–Trinajstić information content (AvgIpc) is 2.53. The average molecular weight is 332 g/mol. The third-order valence-corrected chi connectivity index (χ3v) is 4.44. The van der Waals surface area contributed by atoms with E-state index in [0.717, 1.165) is 24.1 Å². The molecular weight excluding hydrogens is 314 g/mol. The molecule has 2 heterocycles. The first-order chi connectivity index (χ1) is 11.3. The number of aromatic nitrogens is 1. The van der Waals surface area contributed by atoms with Crippen LogP contribution in [0.5, 0.6) is 5.75 Å². The molecule has 24 heavy (non-hydrogen) atoms. The van der Waals surface area contributed by atoms with Crippen LogP contribution in [0, 0.1) is 22.0 Å². The first-order valence-electron chi connectivity index (χ1n) is 7.77. The summed E-state index contributed by atoms with van der Waals surface area (Å²) in [6.07, 6.45) is 3.71. The second-order valence-corrected chi connectivity index (χ2v) is 6.59. The number of rotatable bonds is 3. The van der Waals surface area contributed by atoms with Gasteiger partial charge in [0.2, 0.25) is 5.75 Å². The molecule has 1 N–H and O–H groups in total. The Kier molecular flexibility index (Phi) is 3.82. The molecule has 0 saturated carbocycles. The largest absolute Gasteiger partial charge is 0.499 e. The van der Waals surface area contributed by atoms with Gasteiger partial charge in [-0.2, -0.15) is 4.57 Å². The number of piperidine rings is 1. The summed E-state index contributed by atoms with van der Waals surface area (Å²) in [5, 5.41) is 21.0. The molecular formula is C16H18N3O5+. The van der Waals surface area contributed by atoms with Crippen LogP contribution in [0.1, 0.15) is 20.3 Å². The highest BCUT2D eigenvalue weighted by molar-refractivity contribution is 5.61. The fourth-order valence-corrected chi connectivity index (χ4v) is 3.49. The zero-order chi connectivity index (χ0) is 17.6. The Labute approximate surface area is 137 Å². The van der Waals surface area contributed by atoms with E-state index in [-0.39, 0.29) is 11.4 Å². The molecule has 1 fully saturated rings. The molecule has 0 bridgehead atoms. The molecule has 8 nitrogen and oxygen atoms in total. The molecule has 1 aromatic carbocycles. The third-order valence-electron chi connectivity index (χ3n) is 4.44. The number of hydrogen-bond donors (Lipinski definition) is 1. The first kappa shape index (κ1) is 16.1. The maximum atomic E-state index is 11.6. The van der Waals surface area contributed by atoms with Crippen molar-refractivity contribution in [3.05, 3.63) is 49.0 Å². The van der Waals surface area contributed by atoms with Gasteiger partial charge in [0.1, 0.15) is 5.69 Å². The summed E-state index contributed by atoms with van der Waals surface area (Å²) in [5.74, 6) is 0.198. The molecule has 8 heteroatoms. The van der Waals surface area contributed by atoms with E-state index in [1.807, 2.05) is 4.90 Å². The second-order valence-electron chi connectivity index (χ2n) is 6.59. The van der Waals surface area contributed by atoms with E-state index in [0.29, 0.717) is 17.5 Å². The number of pyridine rings is 1. The van der Waals surface area contributed by atoms with Gasteiger partial charge in [-0.05, 0) is 18.3 Å². The van der Waals surface area contributed by atoms with Gasteiger partial charge in [0.15, 0.2) is 6.20 Å². The van der Waals surface area contributed by atoms with Crippen molar-refractivity contribution in [3.8, 4) is 11.4 Å². The maximum Gasteiger partial charge on any atom is 0.355 e. The summed E-state index contributed by atoms with van der Waals surface area (Å²) in [7, 11) is 0. The van der Waals surface area contributed by atoms with Crippen LogP contribution < -0.4 is 20.3 Å². The number of hydrogen-bond acceptors (Lipinski definition) is 6. The SMILES string of the molecule is CC1CC(C)CN(c2cc[n+](-c3c(O)c(=O)c3=O)cc2[N+](=O)[O-])C1. The lowest BCUT2D eigenvalue weighted by Crippen LogP contribution is -2.47. The molecule has 0 radical (unpaired) electrons. The van der Waals surface area contributed by atoms with Crippen molar-refractivity contribution < 1.29 is 14.6 Å². The van der Waals surface area contributed by atoms with Crippen LogP contribution in [0.4, 0.5) is 11.4 Å². The number of anilines is 1. The van der Waals surface area contributed by atoms with E-state index in [4.69, 9.17) is 0 Å². The number of nitrogens with zero attached hydrogens (tertiary/aromatic N) is 3. The highest BCUT2D eigenvalue weighted by Crippen LogP contribution is 2.32. The minimum Gasteiger partial charge on any atom is -0.499 e. The van der Waals surface area contributed by atoms with Crippen molar-refractivity contribution >= 4 is 11.4 Å². The molecule has 1 aliphatic rings. The van der Waals surface area contributed by atoms with E-state index >= 15 is 0 Å². The van der Waals surface area contributed by atoms with E-state index in [9.17, 15) is 24.8 Å².